The van der Waals surface area contributed by atoms with E-state index in [4.69, 9.17) is 0 Å². The van der Waals surface area contributed by atoms with Crippen LogP contribution in [0.5, 0.6) is 0 Å². The SMILES string of the molecule is CC(C)(C)NC(=O)[C@H]1CC[C@@H]2[C@@H]3CC[C@@H]4NC(=O)C=C[C@]4(C)[C@H]3CC[C@]12C. The van der Waals surface area contributed by atoms with E-state index in [0.29, 0.717) is 17.8 Å². The van der Waals surface area contributed by atoms with E-state index in [1.54, 1.807) is 6.08 Å². The Hall–Kier alpha value is -1.32. The van der Waals surface area contributed by atoms with Gasteiger partial charge in [0.2, 0.25) is 11.8 Å². The Labute approximate surface area is 163 Å². The minimum Gasteiger partial charge on any atom is -0.351 e. The van der Waals surface area contributed by atoms with Crippen LogP contribution in [0.2, 0.25) is 0 Å². The van der Waals surface area contributed by atoms with E-state index >= 15 is 0 Å². The molecule has 0 spiro atoms. The average Bonchev–Trinajstić information content (AvgIpc) is 2.91. The summed E-state index contributed by atoms with van der Waals surface area (Å²) in [6.45, 7) is 11.0. The highest BCUT2D eigenvalue weighted by molar-refractivity contribution is 5.89. The minimum absolute atomic E-state index is 0.0661. The molecule has 7 atom stereocenters. The smallest absolute Gasteiger partial charge is 0.243 e. The maximum absolute atomic E-state index is 13.0. The number of fused-ring (bicyclic) bond motifs is 5. The van der Waals surface area contributed by atoms with Gasteiger partial charge in [-0.2, -0.15) is 0 Å². The highest BCUT2D eigenvalue weighted by Gasteiger charge is 2.60. The Balaban J connectivity index is 1.58. The van der Waals surface area contributed by atoms with Crippen LogP contribution in [0.1, 0.15) is 73.1 Å². The average molecular weight is 373 g/mol. The third kappa shape index (κ3) is 2.94. The number of carbonyl (C=O) groups excluding carboxylic acids is 2. The van der Waals surface area contributed by atoms with Crippen LogP contribution in [0.3, 0.4) is 0 Å². The standard InChI is InChI=1S/C23H36N2O2/c1-21(2,3)25-20(27)17-8-7-15-14-6-9-18-23(5,13-11-19(26)24-18)16(14)10-12-22(15,17)4/h11,13-18H,6-10,12H2,1-5H3,(H,24,26)(H,25,27)/t14-,15+,16-,17+,18-,22-,23+/m0/s1. The Morgan fingerprint density at radius 2 is 1.85 bits per heavy atom. The van der Waals surface area contributed by atoms with Crippen molar-refractivity contribution in [1.82, 2.24) is 10.6 Å². The molecule has 4 heteroatoms. The molecule has 2 N–H and O–H groups in total. The fourth-order valence-corrected chi connectivity index (χ4v) is 7.22. The number of amides is 2. The van der Waals surface area contributed by atoms with Crippen molar-refractivity contribution in [3.05, 3.63) is 12.2 Å². The topological polar surface area (TPSA) is 58.2 Å². The predicted molar refractivity (Wildman–Crippen MR) is 107 cm³/mol. The van der Waals surface area contributed by atoms with Gasteiger partial charge in [0, 0.05) is 22.9 Å². The first-order valence-corrected chi connectivity index (χ1v) is 10.9. The summed E-state index contributed by atoms with van der Waals surface area (Å²) in [5, 5.41) is 6.48. The summed E-state index contributed by atoms with van der Waals surface area (Å²) in [7, 11) is 0. The molecule has 0 aromatic heterocycles. The van der Waals surface area contributed by atoms with Crippen LogP contribution in [0, 0.1) is 34.5 Å². The molecule has 1 aliphatic heterocycles. The van der Waals surface area contributed by atoms with Crippen LogP contribution in [0.4, 0.5) is 0 Å². The lowest BCUT2D eigenvalue weighted by Crippen LogP contribution is -2.59. The normalized spacial score (nSPS) is 46.1. The third-order valence-corrected chi connectivity index (χ3v) is 8.50. The maximum Gasteiger partial charge on any atom is 0.243 e. The lowest BCUT2D eigenvalue weighted by Gasteiger charge is -2.58. The molecule has 0 unspecified atom stereocenters. The molecule has 4 rings (SSSR count). The van der Waals surface area contributed by atoms with Crippen molar-refractivity contribution in [2.45, 2.75) is 84.7 Å². The van der Waals surface area contributed by atoms with Gasteiger partial charge < -0.3 is 10.6 Å². The summed E-state index contributed by atoms with van der Waals surface area (Å²) in [5.74, 6) is 2.41. The number of rotatable bonds is 1. The van der Waals surface area contributed by atoms with Crippen LogP contribution in [0.25, 0.3) is 0 Å². The van der Waals surface area contributed by atoms with Crippen LogP contribution >= 0.6 is 0 Å². The number of hydrogen-bond donors (Lipinski definition) is 2. The quantitative estimate of drug-likeness (QED) is 0.735. The van der Waals surface area contributed by atoms with Gasteiger partial charge >= 0.3 is 0 Å². The van der Waals surface area contributed by atoms with Crippen LogP contribution in [0.15, 0.2) is 12.2 Å². The van der Waals surface area contributed by atoms with Gasteiger partial charge in [0.1, 0.15) is 0 Å². The molecule has 150 valence electrons. The van der Waals surface area contributed by atoms with Gasteiger partial charge in [-0.05, 0) is 88.5 Å². The molecule has 0 aromatic carbocycles. The molecule has 0 aromatic rings. The summed E-state index contributed by atoms with van der Waals surface area (Å²) in [6, 6.07) is 0.280. The van der Waals surface area contributed by atoms with Crippen LogP contribution in [-0.4, -0.2) is 23.4 Å². The van der Waals surface area contributed by atoms with Crippen molar-refractivity contribution < 1.29 is 9.59 Å². The molecule has 3 fully saturated rings. The summed E-state index contributed by atoms with van der Waals surface area (Å²) in [5.41, 5.74) is 0.0323. The molecule has 4 aliphatic rings. The van der Waals surface area contributed by atoms with Crippen LogP contribution < -0.4 is 10.6 Å². The van der Waals surface area contributed by atoms with Gasteiger partial charge in [-0.25, -0.2) is 0 Å². The number of carbonyl (C=O) groups is 2. The molecule has 0 bridgehead atoms. The zero-order valence-electron chi connectivity index (χ0n) is 17.6. The highest BCUT2D eigenvalue weighted by atomic mass is 16.2. The zero-order chi connectivity index (χ0) is 19.6. The first-order valence-electron chi connectivity index (χ1n) is 10.9. The second-order valence-corrected chi connectivity index (χ2v) is 11.1. The molecule has 4 nitrogen and oxygen atoms in total. The van der Waals surface area contributed by atoms with Crippen LogP contribution in [-0.2, 0) is 9.59 Å². The molecule has 0 saturated heterocycles. The van der Waals surface area contributed by atoms with Gasteiger partial charge in [0.05, 0.1) is 0 Å². The van der Waals surface area contributed by atoms with Crippen molar-refractivity contribution in [2.24, 2.45) is 34.5 Å². The van der Waals surface area contributed by atoms with Crippen molar-refractivity contribution in [3.8, 4) is 0 Å². The van der Waals surface area contributed by atoms with Gasteiger partial charge in [0.15, 0.2) is 0 Å². The number of nitrogens with one attached hydrogen (secondary N) is 2. The maximum atomic E-state index is 13.0. The molecule has 27 heavy (non-hydrogen) atoms. The van der Waals surface area contributed by atoms with E-state index in [1.807, 2.05) is 0 Å². The third-order valence-electron chi connectivity index (χ3n) is 8.50. The summed E-state index contributed by atoms with van der Waals surface area (Å²) >= 11 is 0. The second-order valence-electron chi connectivity index (χ2n) is 11.1. The molecule has 3 aliphatic carbocycles. The van der Waals surface area contributed by atoms with Crippen molar-refractivity contribution in [2.75, 3.05) is 0 Å². The number of hydrogen-bond acceptors (Lipinski definition) is 2. The predicted octanol–water partition coefficient (Wildman–Crippen LogP) is 3.81. The lowest BCUT2D eigenvalue weighted by atomic mass is 9.48. The first kappa shape index (κ1) is 19.0. The van der Waals surface area contributed by atoms with Gasteiger partial charge in [0.25, 0.3) is 0 Å². The largest absolute Gasteiger partial charge is 0.351 e. The Kier molecular flexibility index (Phi) is 4.29. The molecule has 3 saturated carbocycles. The summed E-state index contributed by atoms with van der Waals surface area (Å²) < 4.78 is 0. The second kappa shape index (κ2) is 6.09. The molecule has 0 radical (unpaired) electrons. The summed E-state index contributed by atoms with van der Waals surface area (Å²) in [4.78, 5) is 24.9. The van der Waals surface area contributed by atoms with Gasteiger partial charge in [-0.15, -0.1) is 0 Å². The van der Waals surface area contributed by atoms with E-state index in [-0.39, 0.29) is 40.1 Å². The monoisotopic (exact) mass is 372 g/mol. The van der Waals surface area contributed by atoms with Crippen molar-refractivity contribution in [3.63, 3.8) is 0 Å². The zero-order valence-corrected chi connectivity index (χ0v) is 17.6. The first-order chi connectivity index (χ1) is 12.5. The van der Waals surface area contributed by atoms with Crippen molar-refractivity contribution in [1.29, 1.82) is 0 Å². The van der Waals surface area contributed by atoms with E-state index in [0.717, 1.165) is 19.3 Å². The molecular formula is C23H36N2O2. The van der Waals surface area contributed by atoms with E-state index in [2.05, 4.69) is 51.3 Å². The van der Waals surface area contributed by atoms with Gasteiger partial charge in [-0.3, -0.25) is 9.59 Å². The fraction of sp³-hybridized carbons (Fsp3) is 0.826. The summed E-state index contributed by atoms with van der Waals surface area (Å²) in [6.07, 6.45) is 10.7. The molecule has 2 amide bonds. The van der Waals surface area contributed by atoms with Gasteiger partial charge in [-0.1, -0.05) is 19.9 Å². The fourth-order valence-electron chi connectivity index (χ4n) is 7.22. The van der Waals surface area contributed by atoms with Crippen molar-refractivity contribution >= 4 is 11.8 Å². The molecular weight excluding hydrogens is 336 g/mol. The lowest BCUT2D eigenvalue weighted by molar-refractivity contribution is -0.135. The Bertz CT molecular complexity index is 678. The highest BCUT2D eigenvalue weighted by Crippen LogP contribution is 2.65. The van der Waals surface area contributed by atoms with E-state index < -0.39 is 0 Å². The Morgan fingerprint density at radius 1 is 1.11 bits per heavy atom. The van der Waals surface area contributed by atoms with E-state index in [1.165, 1.54) is 19.3 Å². The van der Waals surface area contributed by atoms with E-state index in [9.17, 15) is 9.59 Å². The Morgan fingerprint density at radius 3 is 2.56 bits per heavy atom. The molecule has 1 heterocycles. The minimum atomic E-state index is -0.167.